The van der Waals surface area contributed by atoms with Crippen LogP contribution in [0.2, 0.25) is 5.02 Å². The van der Waals surface area contributed by atoms with Crippen LogP contribution in [-0.2, 0) is 0 Å². The molecule has 0 aliphatic heterocycles. The Morgan fingerprint density at radius 1 is 1.55 bits per heavy atom. The number of para-hydroxylation sites is 1. The number of nitro groups is 1. The van der Waals surface area contributed by atoms with Gasteiger partial charge in [-0.2, -0.15) is 0 Å². The van der Waals surface area contributed by atoms with Crippen molar-refractivity contribution in [2.45, 2.75) is 18.9 Å². The Labute approximate surface area is 127 Å². The highest BCUT2D eigenvalue weighted by atomic mass is 35.5. The van der Waals surface area contributed by atoms with E-state index in [0.717, 1.165) is 12.8 Å². The molecule has 1 aromatic carbocycles. The van der Waals surface area contributed by atoms with E-state index in [-0.39, 0.29) is 34.7 Å². The van der Waals surface area contributed by atoms with Crippen molar-refractivity contribution in [3.05, 3.63) is 38.9 Å². The van der Waals surface area contributed by atoms with Crippen molar-refractivity contribution >= 4 is 35.6 Å². The molecule has 0 spiro atoms. The van der Waals surface area contributed by atoms with E-state index in [1.807, 2.05) is 0 Å². The van der Waals surface area contributed by atoms with Crippen molar-refractivity contribution in [2.75, 3.05) is 6.54 Å². The van der Waals surface area contributed by atoms with E-state index in [1.54, 1.807) is 0 Å². The van der Waals surface area contributed by atoms with Crippen molar-refractivity contribution in [1.29, 1.82) is 0 Å². The Kier molecular flexibility index (Phi) is 5.74. The number of hydrogen-bond acceptors (Lipinski definition) is 4. The van der Waals surface area contributed by atoms with Gasteiger partial charge in [0.25, 0.3) is 5.91 Å². The summed E-state index contributed by atoms with van der Waals surface area (Å²) in [6, 6.07) is 4.15. The number of amides is 1. The van der Waals surface area contributed by atoms with Crippen LogP contribution >= 0.6 is 24.0 Å². The summed E-state index contributed by atoms with van der Waals surface area (Å²) >= 11 is 5.77. The number of benzene rings is 1. The van der Waals surface area contributed by atoms with Crippen LogP contribution in [0.1, 0.15) is 23.2 Å². The second-order valence-corrected chi connectivity index (χ2v) is 4.95. The third-order valence-corrected chi connectivity index (χ3v) is 3.48. The van der Waals surface area contributed by atoms with Crippen molar-refractivity contribution < 1.29 is 9.72 Å². The molecule has 20 heavy (non-hydrogen) atoms. The fourth-order valence-corrected chi connectivity index (χ4v) is 2.24. The minimum absolute atomic E-state index is 0. The Balaban J connectivity index is 0.00000200. The molecule has 3 N–H and O–H groups in total. The van der Waals surface area contributed by atoms with Gasteiger partial charge in [-0.25, -0.2) is 0 Å². The first-order chi connectivity index (χ1) is 9.04. The summed E-state index contributed by atoms with van der Waals surface area (Å²) in [6.45, 7) is 0.324. The molecule has 1 atom stereocenters. The topological polar surface area (TPSA) is 98.3 Å². The summed E-state index contributed by atoms with van der Waals surface area (Å²) in [5.74, 6) is -0.122. The van der Waals surface area contributed by atoms with Gasteiger partial charge in [0.15, 0.2) is 0 Å². The maximum atomic E-state index is 12.1. The molecule has 1 saturated carbocycles. The van der Waals surface area contributed by atoms with E-state index in [9.17, 15) is 14.9 Å². The SMILES string of the molecule is Cl.NCC(NC(=O)c1cccc(Cl)c1[N+](=O)[O-])C1CC1. The predicted octanol–water partition coefficient (Wildman–Crippen LogP) is 2.14. The highest BCUT2D eigenvalue weighted by molar-refractivity contribution is 6.33. The van der Waals surface area contributed by atoms with E-state index in [2.05, 4.69) is 5.32 Å². The van der Waals surface area contributed by atoms with Crippen LogP contribution in [0.4, 0.5) is 5.69 Å². The van der Waals surface area contributed by atoms with Crippen LogP contribution in [0, 0.1) is 16.0 Å². The molecule has 1 aliphatic rings. The van der Waals surface area contributed by atoms with E-state index in [1.165, 1.54) is 18.2 Å². The molecule has 1 amide bonds. The standard InChI is InChI=1S/C12H14ClN3O3.ClH/c13-9-3-1-2-8(11(9)16(18)19)12(17)15-10(6-14)7-4-5-7;/h1-3,7,10H,4-6,14H2,(H,15,17);1H. The Morgan fingerprint density at radius 3 is 2.70 bits per heavy atom. The Hall–Kier alpha value is -1.37. The first-order valence-electron chi connectivity index (χ1n) is 5.98. The average Bonchev–Trinajstić information content (AvgIpc) is 3.19. The molecule has 0 heterocycles. The molecule has 1 unspecified atom stereocenters. The molecule has 1 aliphatic carbocycles. The molecular formula is C12H15Cl2N3O3. The molecule has 0 bridgehead atoms. The number of halogens is 2. The second-order valence-electron chi connectivity index (χ2n) is 4.55. The average molecular weight is 320 g/mol. The van der Waals surface area contributed by atoms with E-state index in [4.69, 9.17) is 17.3 Å². The van der Waals surface area contributed by atoms with E-state index in [0.29, 0.717) is 12.5 Å². The second kappa shape index (κ2) is 6.88. The lowest BCUT2D eigenvalue weighted by Gasteiger charge is -2.16. The summed E-state index contributed by atoms with van der Waals surface area (Å²) < 4.78 is 0. The third-order valence-electron chi connectivity index (χ3n) is 3.18. The number of rotatable bonds is 5. The third kappa shape index (κ3) is 3.59. The minimum atomic E-state index is -0.647. The molecule has 6 nitrogen and oxygen atoms in total. The van der Waals surface area contributed by atoms with Crippen molar-refractivity contribution in [2.24, 2.45) is 11.7 Å². The van der Waals surface area contributed by atoms with Crippen LogP contribution in [0.5, 0.6) is 0 Å². The van der Waals surface area contributed by atoms with E-state index < -0.39 is 10.8 Å². The smallest absolute Gasteiger partial charge is 0.300 e. The summed E-state index contributed by atoms with van der Waals surface area (Å²) in [5.41, 5.74) is 5.19. The molecule has 1 aromatic rings. The maximum absolute atomic E-state index is 12.1. The first kappa shape index (κ1) is 16.7. The largest absolute Gasteiger partial charge is 0.348 e. The number of nitrogens with zero attached hydrogens (tertiary/aromatic N) is 1. The lowest BCUT2D eigenvalue weighted by Crippen LogP contribution is -2.41. The molecule has 8 heteroatoms. The molecular weight excluding hydrogens is 305 g/mol. The Bertz CT molecular complexity index is 521. The summed E-state index contributed by atoms with van der Waals surface area (Å²) in [7, 11) is 0. The van der Waals surface area contributed by atoms with Gasteiger partial charge in [-0.15, -0.1) is 12.4 Å². The van der Waals surface area contributed by atoms with Gasteiger partial charge in [0.2, 0.25) is 0 Å². The van der Waals surface area contributed by atoms with Crippen LogP contribution in [0.3, 0.4) is 0 Å². The molecule has 110 valence electrons. The van der Waals surface area contributed by atoms with Gasteiger partial charge in [0, 0.05) is 12.6 Å². The quantitative estimate of drug-likeness (QED) is 0.641. The highest BCUT2D eigenvalue weighted by Gasteiger charge is 2.33. The zero-order valence-corrected chi connectivity index (χ0v) is 12.1. The first-order valence-corrected chi connectivity index (χ1v) is 6.36. The van der Waals surface area contributed by atoms with Gasteiger partial charge < -0.3 is 11.1 Å². The number of nitrogens with one attached hydrogen (secondary N) is 1. The van der Waals surface area contributed by atoms with Gasteiger partial charge in [0.05, 0.1) is 4.92 Å². The van der Waals surface area contributed by atoms with Gasteiger partial charge in [-0.1, -0.05) is 17.7 Å². The zero-order valence-electron chi connectivity index (χ0n) is 10.5. The van der Waals surface area contributed by atoms with Crippen molar-refractivity contribution in [3.8, 4) is 0 Å². The Morgan fingerprint density at radius 2 is 2.20 bits per heavy atom. The molecule has 0 aromatic heterocycles. The predicted molar refractivity (Wildman–Crippen MR) is 78.4 cm³/mol. The van der Waals surface area contributed by atoms with Gasteiger partial charge in [0.1, 0.15) is 10.6 Å². The fraction of sp³-hybridized carbons (Fsp3) is 0.417. The molecule has 0 radical (unpaired) electrons. The normalized spacial score (nSPS) is 15.1. The van der Waals surface area contributed by atoms with Crippen molar-refractivity contribution in [3.63, 3.8) is 0 Å². The lowest BCUT2D eigenvalue weighted by molar-refractivity contribution is -0.385. The summed E-state index contributed by atoms with van der Waals surface area (Å²) in [4.78, 5) is 22.4. The van der Waals surface area contributed by atoms with E-state index >= 15 is 0 Å². The van der Waals surface area contributed by atoms with Crippen LogP contribution in [0.25, 0.3) is 0 Å². The monoisotopic (exact) mass is 319 g/mol. The summed E-state index contributed by atoms with van der Waals surface area (Å²) in [5, 5.41) is 13.7. The number of carbonyl (C=O) groups excluding carboxylic acids is 1. The van der Waals surface area contributed by atoms with Gasteiger partial charge in [-0.3, -0.25) is 14.9 Å². The number of nitro benzene ring substituents is 1. The molecule has 0 saturated heterocycles. The number of carbonyl (C=O) groups is 1. The summed E-state index contributed by atoms with van der Waals surface area (Å²) in [6.07, 6.45) is 2.06. The van der Waals surface area contributed by atoms with Crippen molar-refractivity contribution in [1.82, 2.24) is 5.32 Å². The zero-order chi connectivity index (χ0) is 14.0. The number of nitrogens with two attached hydrogens (primary N) is 1. The minimum Gasteiger partial charge on any atom is -0.348 e. The maximum Gasteiger partial charge on any atom is 0.300 e. The van der Waals surface area contributed by atoms with Crippen LogP contribution in [-0.4, -0.2) is 23.4 Å². The van der Waals surface area contributed by atoms with Gasteiger partial charge >= 0.3 is 5.69 Å². The fourth-order valence-electron chi connectivity index (χ4n) is 2.00. The molecule has 2 rings (SSSR count). The van der Waals surface area contributed by atoms with Gasteiger partial charge in [-0.05, 0) is 30.9 Å². The highest BCUT2D eigenvalue weighted by Crippen LogP contribution is 2.33. The lowest BCUT2D eigenvalue weighted by atomic mass is 10.1. The number of hydrogen-bond donors (Lipinski definition) is 2. The molecule has 1 fully saturated rings. The van der Waals surface area contributed by atoms with Crippen LogP contribution in [0.15, 0.2) is 18.2 Å². The van der Waals surface area contributed by atoms with Crippen LogP contribution < -0.4 is 11.1 Å².